The number of allylic oxidation sites excluding steroid dienone is 1. The van der Waals surface area contributed by atoms with E-state index in [0.29, 0.717) is 11.8 Å². The highest BCUT2D eigenvalue weighted by Crippen LogP contribution is 2.49. The summed E-state index contributed by atoms with van der Waals surface area (Å²) in [4.78, 5) is 1.14. The highest BCUT2D eigenvalue weighted by Gasteiger charge is 2.43. The van der Waals surface area contributed by atoms with E-state index in [1.807, 2.05) is 0 Å². The van der Waals surface area contributed by atoms with E-state index in [9.17, 15) is 0 Å². The summed E-state index contributed by atoms with van der Waals surface area (Å²) in [5.41, 5.74) is 1.60. The van der Waals surface area contributed by atoms with Gasteiger partial charge in [0.05, 0.1) is 0 Å². The third kappa shape index (κ3) is 1.24. The van der Waals surface area contributed by atoms with Crippen LogP contribution in [0.4, 0.5) is 0 Å². The molecule has 0 spiro atoms. The maximum Gasteiger partial charge on any atom is 0.00538 e. The van der Waals surface area contributed by atoms with Crippen LogP contribution in [-0.4, -0.2) is 4.86 Å². The Morgan fingerprint density at radius 1 is 1.58 bits per heavy atom. The first-order chi connectivity index (χ1) is 5.39. The van der Waals surface area contributed by atoms with Gasteiger partial charge in [0.2, 0.25) is 0 Å². The molecular weight excluding hydrogens is 164 g/mol. The van der Waals surface area contributed by atoms with Gasteiger partial charge in [0, 0.05) is 5.41 Å². The normalized spacial score (nSPS) is 41.8. The van der Waals surface area contributed by atoms with Gasteiger partial charge in [-0.25, -0.2) is 0 Å². The van der Waals surface area contributed by atoms with Crippen molar-refractivity contribution in [2.45, 2.75) is 34.1 Å². The summed E-state index contributed by atoms with van der Waals surface area (Å²) < 4.78 is 0. The summed E-state index contributed by atoms with van der Waals surface area (Å²) in [6.07, 6.45) is 1.09. The highest BCUT2D eigenvalue weighted by molar-refractivity contribution is 7.80. The van der Waals surface area contributed by atoms with Crippen LogP contribution in [0.25, 0.3) is 0 Å². The summed E-state index contributed by atoms with van der Waals surface area (Å²) in [5, 5.41) is 0. The smallest absolute Gasteiger partial charge is 0.00538 e. The van der Waals surface area contributed by atoms with E-state index in [1.54, 1.807) is 0 Å². The Morgan fingerprint density at radius 2 is 2.08 bits per heavy atom. The first kappa shape index (κ1) is 9.91. The molecule has 0 N–H and O–H groups in total. The molecule has 0 heterocycles. The third-order valence-electron chi connectivity index (χ3n) is 3.80. The zero-order chi connectivity index (χ0) is 9.52. The van der Waals surface area contributed by atoms with Gasteiger partial charge in [0.25, 0.3) is 0 Å². The van der Waals surface area contributed by atoms with Crippen LogP contribution >= 0.6 is 12.2 Å². The van der Waals surface area contributed by atoms with Gasteiger partial charge in [-0.1, -0.05) is 45.1 Å². The molecule has 0 aromatic rings. The van der Waals surface area contributed by atoms with Crippen LogP contribution in [0.1, 0.15) is 34.1 Å². The minimum atomic E-state index is 0.228. The van der Waals surface area contributed by atoms with Gasteiger partial charge in [0.15, 0.2) is 0 Å². The van der Waals surface area contributed by atoms with Crippen LogP contribution in [0.15, 0.2) is 12.2 Å². The number of rotatable bonds is 1. The summed E-state index contributed by atoms with van der Waals surface area (Å²) in [6.45, 7) is 13.0. The van der Waals surface area contributed by atoms with Crippen molar-refractivity contribution < 1.29 is 0 Å². The van der Waals surface area contributed by atoms with E-state index in [4.69, 9.17) is 12.2 Å². The van der Waals surface area contributed by atoms with Crippen LogP contribution in [0.3, 0.4) is 0 Å². The summed E-state index contributed by atoms with van der Waals surface area (Å²) in [5.74, 6) is 1.29. The average Bonchev–Trinajstić information content (AvgIpc) is 2.17. The van der Waals surface area contributed by atoms with Crippen LogP contribution in [0.2, 0.25) is 0 Å². The van der Waals surface area contributed by atoms with Gasteiger partial charge in [-0.15, -0.1) is 0 Å². The molecule has 1 aliphatic rings. The second-order valence-electron chi connectivity index (χ2n) is 4.39. The molecule has 0 amide bonds. The Labute approximate surface area is 81.1 Å². The molecule has 0 saturated heterocycles. The number of hydrogen-bond donors (Lipinski definition) is 0. The average molecular weight is 182 g/mol. The van der Waals surface area contributed by atoms with Crippen LogP contribution < -0.4 is 0 Å². The molecule has 1 aliphatic carbocycles. The Hall–Kier alpha value is -0.170. The predicted molar refractivity (Wildman–Crippen MR) is 58.5 cm³/mol. The molecule has 3 unspecified atom stereocenters. The van der Waals surface area contributed by atoms with Crippen molar-refractivity contribution in [2.75, 3.05) is 0 Å². The maximum atomic E-state index is 5.31. The number of hydrogen-bond acceptors (Lipinski definition) is 1. The van der Waals surface area contributed by atoms with Gasteiger partial charge >= 0.3 is 0 Å². The second-order valence-corrected chi connectivity index (χ2v) is 5.00. The molecule has 1 fully saturated rings. The lowest BCUT2D eigenvalue weighted by molar-refractivity contribution is 0.320. The zero-order valence-electron chi connectivity index (χ0n) is 8.48. The molecule has 1 heteroatoms. The summed E-state index contributed by atoms with van der Waals surface area (Å²) in [6, 6.07) is 0. The molecule has 68 valence electrons. The fourth-order valence-corrected chi connectivity index (χ4v) is 2.40. The quantitative estimate of drug-likeness (QED) is 0.441. The van der Waals surface area contributed by atoms with Gasteiger partial charge in [-0.3, -0.25) is 0 Å². The van der Waals surface area contributed by atoms with E-state index in [1.165, 1.54) is 5.57 Å². The molecule has 0 radical (unpaired) electrons. The van der Waals surface area contributed by atoms with E-state index in [2.05, 4.69) is 34.3 Å². The maximum absolute atomic E-state index is 5.31. The second kappa shape index (κ2) is 2.95. The lowest BCUT2D eigenvalue weighted by atomic mass is 9.76. The Kier molecular flexibility index (Phi) is 2.44. The Balaban J connectivity index is 2.97. The lowest BCUT2D eigenvalue weighted by Crippen LogP contribution is -2.28. The van der Waals surface area contributed by atoms with Gasteiger partial charge in [-0.05, 0) is 30.0 Å². The molecule has 12 heavy (non-hydrogen) atoms. The Morgan fingerprint density at radius 3 is 2.25 bits per heavy atom. The molecule has 1 saturated carbocycles. The molecular formula is C11H18S. The van der Waals surface area contributed by atoms with Gasteiger partial charge in [0.1, 0.15) is 0 Å². The minimum Gasteiger partial charge on any atom is -0.0995 e. The molecule has 0 aliphatic heterocycles. The van der Waals surface area contributed by atoms with E-state index in [0.717, 1.165) is 11.3 Å². The lowest BCUT2D eigenvalue weighted by Gasteiger charge is -2.29. The fourth-order valence-electron chi connectivity index (χ4n) is 2.14. The fraction of sp³-hybridized carbons (Fsp3) is 0.727. The minimum absolute atomic E-state index is 0.228. The van der Waals surface area contributed by atoms with E-state index < -0.39 is 0 Å². The Bertz CT molecular complexity index is 227. The van der Waals surface area contributed by atoms with Crippen molar-refractivity contribution in [1.82, 2.24) is 0 Å². The van der Waals surface area contributed by atoms with Crippen LogP contribution in [0, 0.1) is 17.3 Å². The van der Waals surface area contributed by atoms with Crippen molar-refractivity contribution in [3.63, 3.8) is 0 Å². The van der Waals surface area contributed by atoms with Crippen LogP contribution in [-0.2, 0) is 0 Å². The van der Waals surface area contributed by atoms with Crippen LogP contribution in [0.5, 0.6) is 0 Å². The summed E-state index contributed by atoms with van der Waals surface area (Å²) >= 11 is 5.31. The monoisotopic (exact) mass is 182 g/mol. The van der Waals surface area contributed by atoms with Crippen molar-refractivity contribution in [1.29, 1.82) is 0 Å². The molecule has 0 nitrogen and oxygen atoms in total. The zero-order valence-corrected chi connectivity index (χ0v) is 9.29. The first-order valence-electron chi connectivity index (χ1n) is 4.58. The van der Waals surface area contributed by atoms with Crippen molar-refractivity contribution in [3.05, 3.63) is 12.2 Å². The highest BCUT2D eigenvalue weighted by atomic mass is 32.1. The van der Waals surface area contributed by atoms with Crippen molar-refractivity contribution in [2.24, 2.45) is 17.3 Å². The largest absolute Gasteiger partial charge is 0.0995 e. The molecule has 3 atom stereocenters. The van der Waals surface area contributed by atoms with Crippen molar-refractivity contribution in [3.8, 4) is 0 Å². The molecule has 0 aromatic heterocycles. The first-order valence-corrected chi connectivity index (χ1v) is 4.99. The predicted octanol–water partition coefficient (Wildman–Crippen LogP) is 3.61. The van der Waals surface area contributed by atoms with E-state index >= 15 is 0 Å². The molecule has 0 aromatic carbocycles. The molecule has 0 bridgehead atoms. The molecule has 1 rings (SSSR count). The van der Waals surface area contributed by atoms with E-state index in [-0.39, 0.29) is 5.41 Å². The number of thiocarbonyl (C=S) groups is 1. The SMILES string of the molecule is C=C1CC(C)(C(C)=S)C(C)C1C. The topological polar surface area (TPSA) is 0 Å². The van der Waals surface area contributed by atoms with Gasteiger partial charge < -0.3 is 0 Å². The standard InChI is InChI=1S/C11H18S/c1-7-6-11(5,10(4)12)9(3)8(7)2/h8-9H,1,6H2,2-5H3. The van der Waals surface area contributed by atoms with Crippen molar-refractivity contribution >= 4 is 17.1 Å². The summed E-state index contributed by atoms with van der Waals surface area (Å²) in [7, 11) is 0. The third-order valence-corrected chi connectivity index (χ3v) is 4.26. The van der Waals surface area contributed by atoms with Gasteiger partial charge in [-0.2, -0.15) is 0 Å².